The first-order valence-electron chi connectivity index (χ1n) is 6.86. The number of aromatic nitrogens is 4. The lowest BCUT2D eigenvalue weighted by atomic mass is 10.2. The van der Waals surface area contributed by atoms with E-state index in [9.17, 15) is 0 Å². The fraction of sp³-hybridized carbons (Fsp3) is 0.267. The summed E-state index contributed by atoms with van der Waals surface area (Å²) >= 11 is 0. The molecule has 0 atom stereocenters. The summed E-state index contributed by atoms with van der Waals surface area (Å²) in [5, 5.41) is 8.27. The van der Waals surface area contributed by atoms with E-state index in [2.05, 4.69) is 20.4 Å². The van der Waals surface area contributed by atoms with E-state index in [0.717, 1.165) is 23.1 Å². The highest BCUT2D eigenvalue weighted by molar-refractivity contribution is 5.84. The van der Waals surface area contributed by atoms with Gasteiger partial charge in [-0.3, -0.25) is 0 Å². The molecule has 0 saturated carbocycles. The summed E-state index contributed by atoms with van der Waals surface area (Å²) < 4.78 is 7.63. The van der Waals surface area contributed by atoms with Crippen LogP contribution in [0.3, 0.4) is 0 Å². The zero-order valence-corrected chi connectivity index (χ0v) is 12.3. The Morgan fingerprint density at radius 1 is 1.24 bits per heavy atom. The number of nitrogens with zero attached hydrogens (tertiary/aromatic N) is 4. The second-order valence-electron chi connectivity index (χ2n) is 4.75. The number of aryl methyl sites for hydroxylation is 2. The maximum atomic E-state index is 5.94. The monoisotopic (exact) mass is 283 g/mol. The summed E-state index contributed by atoms with van der Waals surface area (Å²) in [6.45, 7) is 4.68. The normalized spacial score (nSPS) is 10.8. The third-order valence-electron chi connectivity index (χ3n) is 3.06. The third-order valence-corrected chi connectivity index (χ3v) is 3.06. The molecule has 3 aromatic rings. The number of ether oxygens (including phenoxy) is 1. The van der Waals surface area contributed by atoms with Crippen molar-refractivity contribution < 1.29 is 4.74 Å². The van der Waals surface area contributed by atoms with Crippen molar-refractivity contribution in [3.8, 4) is 11.8 Å². The molecule has 0 aliphatic rings. The fourth-order valence-electron chi connectivity index (χ4n) is 2.14. The number of benzene rings is 1. The van der Waals surface area contributed by atoms with E-state index >= 15 is 0 Å². The molecular formula is C15H17N5O. The molecule has 0 bridgehead atoms. The van der Waals surface area contributed by atoms with Crippen molar-refractivity contribution in [3.05, 3.63) is 36.0 Å². The molecule has 0 radical (unpaired) electrons. The standard InChI is InChI=1S/C15H17N5O/c1-4-16-15-17-12-8-6-5-7-11(12)14(18-15)21-13-9-10(2)19-20(13)3/h5-9H,4H2,1-3H3,(H,16,17,18). The van der Waals surface area contributed by atoms with Crippen LogP contribution in [0.25, 0.3) is 10.9 Å². The van der Waals surface area contributed by atoms with Crippen molar-refractivity contribution in [2.24, 2.45) is 7.05 Å². The van der Waals surface area contributed by atoms with Gasteiger partial charge in [-0.1, -0.05) is 12.1 Å². The Bertz CT molecular complexity index is 781. The van der Waals surface area contributed by atoms with E-state index in [0.29, 0.717) is 17.7 Å². The zero-order valence-electron chi connectivity index (χ0n) is 12.3. The first-order chi connectivity index (χ1) is 10.2. The minimum atomic E-state index is 0.527. The van der Waals surface area contributed by atoms with E-state index in [1.54, 1.807) is 4.68 Å². The first kappa shape index (κ1) is 13.4. The van der Waals surface area contributed by atoms with Gasteiger partial charge in [-0.15, -0.1) is 0 Å². The molecule has 1 aromatic carbocycles. The Morgan fingerprint density at radius 2 is 2.05 bits per heavy atom. The Morgan fingerprint density at radius 3 is 2.76 bits per heavy atom. The Hall–Kier alpha value is -2.63. The minimum Gasteiger partial charge on any atom is -0.420 e. The van der Waals surface area contributed by atoms with Gasteiger partial charge in [-0.25, -0.2) is 9.67 Å². The molecule has 21 heavy (non-hydrogen) atoms. The fourth-order valence-corrected chi connectivity index (χ4v) is 2.14. The Kier molecular flexibility index (Phi) is 3.43. The SMILES string of the molecule is CCNc1nc(Oc2cc(C)nn2C)c2ccccc2n1. The lowest BCUT2D eigenvalue weighted by molar-refractivity contribution is 0.420. The predicted octanol–water partition coefficient (Wildman–Crippen LogP) is 2.90. The van der Waals surface area contributed by atoms with E-state index in [1.165, 1.54) is 0 Å². The van der Waals surface area contributed by atoms with Crippen LogP contribution in [0.5, 0.6) is 11.8 Å². The van der Waals surface area contributed by atoms with Gasteiger partial charge in [-0.05, 0) is 26.0 Å². The average Bonchev–Trinajstić information content (AvgIpc) is 2.77. The molecule has 0 saturated heterocycles. The second-order valence-corrected chi connectivity index (χ2v) is 4.75. The van der Waals surface area contributed by atoms with Gasteiger partial charge in [0, 0.05) is 19.7 Å². The molecule has 3 rings (SSSR count). The molecule has 0 unspecified atom stereocenters. The molecule has 1 N–H and O–H groups in total. The lowest BCUT2D eigenvalue weighted by Gasteiger charge is -2.10. The molecule has 2 heterocycles. The van der Waals surface area contributed by atoms with Gasteiger partial charge in [0.25, 0.3) is 0 Å². The third kappa shape index (κ3) is 2.65. The molecule has 6 nitrogen and oxygen atoms in total. The summed E-state index contributed by atoms with van der Waals surface area (Å²) in [6.07, 6.45) is 0. The van der Waals surface area contributed by atoms with Gasteiger partial charge in [0.2, 0.25) is 17.7 Å². The smallest absolute Gasteiger partial charge is 0.234 e. The van der Waals surface area contributed by atoms with E-state index < -0.39 is 0 Å². The topological polar surface area (TPSA) is 64.9 Å². The van der Waals surface area contributed by atoms with Crippen LogP contribution >= 0.6 is 0 Å². The van der Waals surface area contributed by atoms with Gasteiger partial charge < -0.3 is 10.1 Å². The molecule has 0 spiro atoms. The maximum Gasteiger partial charge on any atom is 0.234 e. The molecule has 108 valence electrons. The van der Waals surface area contributed by atoms with Crippen molar-refractivity contribution >= 4 is 16.9 Å². The van der Waals surface area contributed by atoms with E-state index in [1.807, 2.05) is 51.2 Å². The largest absolute Gasteiger partial charge is 0.420 e. The number of hydrogen-bond acceptors (Lipinski definition) is 5. The number of rotatable bonds is 4. The van der Waals surface area contributed by atoms with Crippen LogP contribution in [-0.2, 0) is 7.05 Å². The van der Waals surface area contributed by atoms with Gasteiger partial charge in [0.05, 0.1) is 16.6 Å². The number of para-hydroxylation sites is 1. The highest BCUT2D eigenvalue weighted by Gasteiger charge is 2.11. The average molecular weight is 283 g/mol. The maximum absolute atomic E-state index is 5.94. The van der Waals surface area contributed by atoms with Gasteiger partial charge in [0.15, 0.2) is 0 Å². The van der Waals surface area contributed by atoms with E-state index in [4.69, 9.17) is 4.74 Å². The van der Waals surface area contributed by atoms with E-state index in [-0.39, 0.29) is 0 Å². The van der Waals surface area contributed by atoms with Crippen LogP contribution in [0.1, 0.15) is 12.6 Å². The molecule has 2 aromatic heterocycles. The number of anilines is 1. The summed E-state index contributed by atoms with van der Waals surface area (Å²) in [6, 6.07) is 9.66. The van der Waals surface area contributed by atoms with Crippen LogP contribution < -0.4 is 10.1 Å². The van der Waals surface area contributed by atoms with Crippen LogP contribution in [0.4, 0.5) is 5.95 Å². The van der Waals surface area contributed by atoms with Crippen molar-refractivity contribution in [1.82, 2.24) is 19.7 Å². The van der Waals surface area contributed by atoms with Crippen molar-refractivity contribution in [2.45, 2.75) is 13.8 Å². The number of fused-ring (bicyclic) bond motifs is 1. The van der Waals surface area contributed by atoms with Gasteiger partial charge in [0.1, 0.15) is 0 Å². The highest BCUT2D eigenvalue weighted by atomic mass is 16.5. The Balaban J connectivity index is 2.09. The molecule has 0 amide bonds. The van der Waals surface area contributed by atoms with Crippen LogP contribution in [0.2, 0.25) is 0 Å². The first-order valence-corrected chi connectivity index (χ1v) is 6.86. The summed E-state index contributed by atoms with van der Waals surface area (Å²) in [7, 11) is 1.84. The lowest BCUT2D eigenvalue weighted by Crippen LogP contribution is -2.04. The predicted molar refractivity (Wildman–Crippen MR) is 81.7 cm³/mol. The van der Waals surface area contributed by atoms with Crippen molar-refractivity contribution in [2.75, 3.05) is 11.9 Å². The second kappa shape index (κ2) is 5.40. The van der Waals surface area contributed by atoms with Crippen LogP contribution in [0.15, 0.2) is 30.3 Å². The molecular weight excluding hydrogens is 266 g/mol. The summed E-state index contributed by atoms with van der Waals surface area (Å²) in [5.41, 5.74) is 1.75. The Labute approximate surface area is 122 Å². The number of hydrogen-bond donors (Lipinski definition) is 1. The molecule has 0 fully saturated rings. The van der Waals surface area contributed by atoms with Crippen molar-refractivity contribution in [3.63, 3.8) is 0 Å². The highest BCUT2D eigenvalue weighted by Crippen LogP contribution is 2.28. The minimum absolute atomic E-state index is 0.527. The zero-order chi connectivity index (χ0) is 14.8. The van der Waals surface area contributed by atoms with Gasteiger partial charge in [-0.2, -0.15) is 10.1 Å². The molecule has 0 aliphatic carbocycles. The van der Waals surface area contributed by atoms with Gasteiger partial charge >= 0.3 is 0 Å². The van der Waals surface area contributed by atoms with Crippen LogP contribution in [-0.4, -0.2) is 26.3 Å². The summed E-state index contributed by atoms with van der Waals surface area (Å²) in [4.78, 5) is 8.92. The quantitative estimate of drug-likeness (QED) is 0.797. The molecule has 0 aliphatic heterocycles. The molecule has 6 heteroatoms. The van der Waals surface area contributed by atoms with Crippen LogP contribution in [0, 0.1) is 6.92 Å². The number of nitrogens with one attached hydrogen (secondary N) is 1. The summed E-state index contributed by atoms with van der Waals surface area (Å²) in [5.74, 6) is 1.74. The van der Waals surface area contributed by atoms with Crippen molar-refractivity contribution in [1.29, 1.82) is 0 Å².